The number of pyridine rings is 1. The normalized spacial score (nSPS) is 12.4. The summed E-state index contributed by atoms with van der Waals surface area (Å²) in [4.78, 5) is 16.3. The van der Waals surface area contributed by atoms with Crippen molar-refractivity contribution in [3.05, 3.63) is 65.9 Å². The minimum atomic E-state index is -4.64. The molecular weight excluding hydrogens is 362 g/mol. The molecule has 9 heteroatoms. The Kier molecular flexibility index (Phi) is 5.69. The number of alkyl halides is 6. The smallest absolute Gasteiger partial charge is 0.284 e. The molecule has 138 valence electrons. The average molecular weight is 374 g/mol. The van der Waals surface area contributed by atoms with Gasteiger partial charge in [0, 0.05) is 12.3 Å². The van der Waals surface area contributed by atoms with Crippen LogP contribution < -0.4 is 4.90 Å². The predicted octanol–water partition coefficient (Wildman–Crippen LogP) is 4.71. The van der Waals surface area contributed by atoms with Gasteiger partial charge in [-0.1, -0.05) is 18.2 Å². The standard InChI is InChI=1S/C17H12F6N2O/c18-16(19,20)11-25(14-3-1-2-10-24-14)15(26)9-6-12-4-7-13(8-5-12)17(21,22)23/h1-10H,11H2. The fourth-order valence-electron chi connectivity index (χ4n) is 2.01. The van der Waals surface area contributed by atoms with Gasteiger partial charge in [0.2, 0.25) is 0 Å². The maximum atomic E-state index is 12.7. The number of rotatable bonds is 4. The van der Waals surface area contributed by atoms with Gasteiger partial charge in [-0.3, -0.25) is 9.69 Å². The number of anilines is 1. The lowest BCUT2D eigenvalue weighted by Crippen LogP contribution is -2.38. The van der Waals surface area contributed by atoms with Crippen molar-refractivity contribution in [2.24, 2.45) is 0 Å². The molecular formula is C17H12F6N2O. The summed E-state index contributed by atoms with van der Waals surface area (Å²) >= 11 is 0. The van der Waals surface area contributed by atoms with Crippen LogP contribution in [0, 0.1) is 0 Å². The van der Waals surface area contributed by atoms with Crippen molar-refractivity contribution in [1.29, 1.82) is 0 Å². The Bertz CT molecular complexity index is 767. The van der Waals surface area contributed by atoms with Crippen molar-refractivity contribution in [3.8, 4) is 0 Å². The molecule has 0 bridgehead atoms. The van der Waals surface area contributed by atoms with Gasteiger partial charge in [0.1, 0.15) is 12.4 Å². The van der Waals surface area contributed by atoms with E-state index in [1.807, 2.05) is 0 Å². The van der Waals surface area contributed by atoms with Gasteiger partial charge in [0.05, 0.1) is 5.56 Å². The van der Waals surface area contributed by atoms with Gasteiger partial charge >= 0.3 is 12.4 Å². The molecule has 0 saturated heterocycles. The number of carbonyl (C=O) groups excluding carboxylic acids is 1. The third-order valence-electron chi connectivity index (χ3n) is 3.19. The van der Waals surface area contributed by atoms with Gasteiger partial charge in [-0.2, -0.15) is 26.3 Å². The van der Waals surface area contributed by atoms with Crippen LogP contribution in [-0.2, 0) is 11.0 Å². The Hall–Kier alpha value is -2.84. The van der Waals surface area contributed by atoms with Gasteiger partial charge in [0.15, 0.2) is 0 Å². The highest BCUT2D eigenvalue weighted by atomic mass is 19.4. The molecule has 1 heterocycles. The molecule has 1 amide bonds. The van der Waals surface area contributed by atoms with Gasteiger partial charge in [-0.05, 0) is 35.9 Å². The van der Waals surface area contributed by atoms with E-state index in [1.165, 1.54) is 24.4 Å². The Morgan fingerprint density at radius 2 is 1.65 bits per heavy atom. The molecule has 0 aliphatic rings. The minimum Gasteiger partial charge on any atom is -0.284 e. The lowest BCUT2D eigenvalue weighted by atomic mass is 10.1. The maximum absolute atomic E-state index is 12.7. The lowest BCUT2D eigenvalue weighted by molar-refractivity contribution is -0.137. The van der Waals surface area contributed by atoms with E-state index in [1.54, 1.807) is 0 Å². The SMILES string of the molecule is O=C(C=Cc1ccc(C(F)(F)F)cc1)N(CC(F)(F)F)c1ccccn1. The van der Waals surface area contributed by atoms with Gasteiger partial charge in [-0.15, -0.1) is 0 Å². The zero-order chi connectivity index (χ0) is 19.4. The predicted molar refractivity (Wildman–Crippen MR) is 83.1 cm³/mol. The summed E-state index contributed by atoms with van der Waals surface area (Å²) in [5, 5.41) is 0. The molecule has 0 fully saturated rings. The first-order valence-corrected chi connectivity index (χ1v) is 7.21. The largest absolute Gasteiger partial charge is 0.416 e. The number of carbonyl (C=O) groups is 1. The Labute approximate surface area is 144 Å². The summed E-state index contributed by atoms with van der Waals surface area (Å²) in [5.74, 6) is -1.19. The molecule has 0 aliphatic carbocycles. The van der Waals surface area contributed by atoms with Crippen molar-refractivity contribution in [3.63, 3.8) is 0 Å². The summed E-state index contributed by atoms with van der Waals surface area (Å²) in [6.07, 6.45) is -5.92. The summed E-state index contributed by atoms with van der Waals surface area (Å²) in [6.45, 7) is -1.54. The third kappa shape index (κ3) is 5.61. The molecule has 0 radical (unpaired) electrons. The van der Waals surface area contributed by atoms with Crippen molar-refractivity contribution in [2.45, 2.75) is 12.4 Å². The van der Waals surface area contributed by atoms with E-state index in [4.69, 9.17) is 0 Å². The molecule has 2 aromatic rings. The molecule has 1 aromatic carbocycles. The van der Waals surface area contributed by atoms with E-state index in [9.17, 15) is 31.1 Å². The van der Waals surface area contributed by atoms with Crippen LogP contribution in [0.3, 0.4) is 0 Å². The molecule has 0 spiro atoms. The number of aromatic nitrogens is 1. The van der Waals surface area contributed by atoms with E-state index >= 15 is 0 Å². The van der Waals surface area contributed by atoms with Crippen LogP contribution in [0.1, 0.15) is 11.1 Å². The Balaban J connectivity index is 2.19. The molecule has 2 rings (SSSR count). The van der Waals surface area contributed by atoms with Crippen molar-refractivity contribution < 1.29 is 31.1 Å². The molecule has 0 atom stereocenters. The zero-order valence-corrected chi connectivity index (χ0v) is 13.1. The number of hydrogen-bond donors (Lipinski definition) is 0. The topological polar surface area (TPSA) is 33.2 Å². The second-order valence-corrected chi connectivity index (χ2v) is 5.18. The quantitative estimate of drug-likeness (QED) is 0.574. The van der Waals surface area contributed by atoms with Crippen LogP contribution in [0.5, 0.6) is 0 Å². The van der Waals surface area contributed by atoms with Gasteiger partial charge in [-0.25, -0.2) is 4.98 Å². The monoisotopic (exact) mass is 374 g/mol. The van der Waals surface area contributed by atoms with Crippen molar-refractivity contribution >= 4 is 17.8 Å². The summed E-state index contributed by atoms with van der Waals surface area (Å²) in [6, 6.07) is 8.02. The first-order valence-electron chi connectivity index (χ1n) is 7.21. The molecule has 0 N–H and O–H groups in total. The van der Waals surface area contributed by atoms with Crippen LogP contribution in [0.25, 0.3) is 6.08 Å². The summed E-state index contributed by atoms with van der Waals surface area (Å²) in [5.41, 5.74) is -0.632. The fraction of sp³-hybridized carbons (Fsp3) is 0.176. The molecule has 0 unspecified atom stereocenters. The maximum Gasteiger partial charge on any atom is 0.416 e. The van der Waals surface area contributed by atoms with Crippen LogP contribution in [0.15, 0.2) is 54.7 Å². The first kappa shape index (κ1) is 19.5. The molecule has 0 saturated carbocycles. The fourth-order valence-corrected chi connectivity index (χ4v) is 2.01. The van der Waals surface area contributed by atoms with E-state index < -0.39 is 30.4 Å². The van der Waals surface area contributed by atoms with Crippen LogP contribution in [-0.4, -0.2) is 23.6 Å². The van der Waals surface area contributed by atoms with Crippen LogP contribution in [0.4, 0.5) is 32.2 Å². The molecule has 0 aliphatic heterocycles. The number of halogens is 6. The number of nitrogens with zero attached hydrogens (tertiary/aromatic N) is 2. The number of amides is 1. The van der Waals surface area contributed by atoms with Gasteiger partial charge < -0.3 is 0 Å². The van der Waals surface area contributed by atoms with Crippen molar-refractivity contribution in [2.75, 3.05) is 11.4 Å². The number of benzene rings is 1. The van der Waals surface area contributed by atoms with E-state index in [2.05, 4.69) is 4.98 Å². The van der Waals surface area contributed by atoms with E-state index in [0.717, 1.165) is 36.4 Å². The van der Waals surface area contributed by atoms with Crippen LogP contribution in [0.2, 0.25) is 0 Å². The Morgan fingerprint density at radius 1 is 1.00 bits per heavy atom. The second-order valence-electron chi connectivity index (χ2n) is 5.18. The molecule has 3 nitrogen and oxygen atoms in total. The summed E-state index contributed by atoms with van der Waals surface area (Å²) in [7, 11) is 0. The highest BCUT2D eigenvalue weighted by Crippen LogP contribution is 2.29. The van der Waals surface area contributed by atoms with Gasteiger partial charge in [0.25, 0.3) is 5.91 Å². The zero-order valence-electron chi connectivity index (χ0n) is 13.1. The van der Waals surface area contributed by atoms with Crippen LogP contribution >= 0.6 is 0 Å². The van der Waals surface area contributed by atoms with E-state index in [-0.39, 0.29) is 11.4 Å². The lowest BCUT2D eigenvalue weighted by Gasteiger charge is -2.21. The minimum absolute atomic E-state index is 0.188. The highest BCUT2D eigenvalue weighted by Gasteiger charge is 2.33. The first-order chi connectivity index (χ1) is 12.1. The van der Waals surface area contributed by atoms with E-state index in [0.29, 0.717) is 4.90 Å². The average Bonchev–Trinajstić information content (AvgIpc) is 2.57. The third-order valence-corrected chi connectivity index (χ3v) is 3.19. The molecule has 26 heavy (non-hydrogen) atoms. The highest BCUT2D eigenvalue weighted by molar-refractivity contribution is 6.03. The Morgan fingerprint density at radius 3 is 2.15 bits per heavy atom. The van der Waals surface area contributed by atoms with Crippen molar-refractivity contribution in [1.82, 2.24) is 4.98 Å². The second kappa shape index (κ2) is 7.59. The number of hydrogen-bond acceptors (Lipinski definition) is 2. The molecule has 1 aromatic heterocycles. The summed E-state index contributed by atoms with van der Waals surface area (Å²) < 4.78 is 75.6.